The number of aromatic hydroxyl groups is 1. The van der Waals surface area contributed by atoms with Gasteiger partial charge in [0.1, 0.15) is 11.1 Å². The molecule has 0 aliphatic carbocycles. The molecule has 0 amide bonds. The molecule has 3 aromatic heterocycles. The molecule has 8 heteroatoms. The molecule has 3 heterocycles. The van der Waals surface area contributed by atoms with Crippen molar-refractivity contribution in [2.24, 2.45) is 0 Å². The Labute approximate surface area is 164 Å². The molecular weight excluding hydrogens is 368 g/mol. The van der Waals surface area contributed by atoms with Crippen LogP contribution in [-0.2, 0) is 0 Å². The molecular formula is C21H16N6O2. The predicted octanol–water partition coefficient (Wildman–Crippen LogP) is 3.19. The van der Waals surface area contributed by atoms with Crippen molar-refractivity contribution < 1.29 is 5.11 Å². The van der Waals surface area contributed by atoms with Crippen LogP contribution in [0.2, 0.25) is 0 Å². The summed E-state index contributed by atoms with van der Waals surface area (Å²) < 4.78 is 3.20. The summed E-state index contributed by atoms with van der Waals surface area (Å²) in [4.78, 5) is 26.5. The van der Waals surface area contributed by atoms with E-state index in [4.69, 9.17) is 0 Å². The van der Waals surface area contributed by atoms with Gasteiger partial charge in [-0.15, -0.1) is 0 Å². The summed E-state index contributed by atoms with van der Waals surface area (Å²) in [6.07, 6.45) is 4.85. The second-order valence-corrected chi connectivity index (χ2v) is 6.58. The Balaban J connectivity index is 1.76. The van der Waals surface area contributed by atoms with Gasteiger partial charge in [0.15, 0.2) is 5.65 Å². The number of phenolic OH excluding ortho intramolecular Hbond substituents is 1. The van der Waals surface area contributed by atoms with Gasteiger partial charge in [0.2, 0.25) is 11.7 Å². The summed E-state index contributed by atoms with van der Waals surface area (Å²) in [5, 5.41) is 13.6. The average Bonchev–Trinajstić information content (AvgIpc) is 3.22. The topological polar surface area (TPSA) is 97.3 Å². The summed E-state index contributed by atoms with van der Waals surface area (Å²) in [6, 6.07) is 14.6. The van der Waals surface area contributed by atoms with Crippen LogP contribution in [0, 0.1) is 6.92 Å². The Morgan fingerprint density at radius 3 is 2.69 bits per heavy atom. The van der Waals surface area contributed by atoms with Crippen molar-refractivity contribution in [2.75, 3.05) is 5.32 Å². The van der Waals surface area contributed by atoms with E-state index in [2.05, 4.69) is 20.3 Å². The second kappa shape index (κ2) is 6.45. The van der Waals surface area contributed by atoms with E-state index in [0.717, 1.165) is 5.69 Å². The molecule has 0 saturated heterocycles. The van der Waals surface area contributed by atoms with Gasteiger partial charge in [-0.2, -0.15) is 4.98 Å². The van der Waals surface area contributed by atoms with Gasteiger partial charge >= 0.3 is 0 Å². The molecule has 5 rings (SSSR count). The number of rotatable bonds is 3. The monoisotopic (exact) mass is 384 g/mol. The quantitative estimate of drug-likeness (QED) is 0.496. The van der Waals surface area contributed by atoms with Crippen LogP contribution in [0.15, 0.2) is 71.9 Å². The van der Waals surface area contributed by atoms with Gasteiger partial charge in [0.25, 0.3) is 5.56 Å². The molecule has 2 N–H and O–H groups in total. The number of anilines is 2. The molecule has 2 aromatic carbocycles. The molecule has 0 saturated carbocycles. The number of nitrogens with one attached hydrogen (secondary N) is 1. The Kier molecular flexibility index (Phi) is 3.77. The highest BCUT2D eigenvalue weighted by atomic mass is 16.3. The molecule has 8 nitrogen and oxygen atoms in total. The van der Waals surface area contributed by atoms with E-state index in [1.165, 1.54) is 10.8 Å². The first-order chi connectivity index (χ1) is 14.1. The maximum Gasteiger partial charge on any atom is 0.270 e. The summed E-state index contributed by atoms with van der Waals surface area (Å²) in [5.41, 5.74) is 2.13. The van der Waals surface area contributed by atoms with Crippen molar-refractivity contribution in [1.82, 2.24) is 23.9 Å². The molecule has 0 radical (unpaired) electrons. The highest BCUT2D eigenvalue weighted by molar-refractivity contribution is 5.78. The molecule has 0 fully saturated rings. The van der Waals surface area contributed by atoms with Crippen LogP contribution in [0.3, 0.4) is 0 Å². The lowest BCUT2D eigenvalue weighted by Gasteiger charge is -2.13. The van der Waals surface area contributed by atoms with Crippen LogP contribution in [0.25, 0.3) is 22.5 Å². The number of phenols is 1. The fraction of sp³-hybridized carbons (Fsp3) is 0.0476. The third-order valence-electron chi connectivity index (χ3n) is 4.80. The van der Waals surface area contributed by atoms with E-state index in [1.54, 1.807) is 41.9 Å². The fourth-order valence-corrected chi connectivity index (χ4v) is 3.33. The third kappa shape index (κ3) is 2.69. The van der Waals surface area contributed by atoms with Gasteiger partial charge in [-0.1, -0.05) is 24.3 Å². The molecule has 0 bridgehead atoms. The largest absolute Gasteiger partial charge is 0.508 e. The maximum absolute atomic E-state index is 13.3. The molecule has 0 aliphatic heterocycles. The van der Waals surface area contributed by atoms with Gasteiger partial charge in [-0.25, -0.2) is 14.5 Å². The van der Waals surface area contributed by atoms with Crippen LogP contribution < -0.4 is 10.9 Å². The Hall–Kier alpha value is -4.20. The first-order valence-electron chi connectivity index (χ1n) is 8.99. The van der Waals surface area contributed by atoms with Crippen LogP contribution in [0.4, 0.5) is 11.6 Å². The van der Waals surface area contributed by atoms with E-state index < -0.39 is 0 Å². The first kappa shape index (κ1) is 16.9. The Morgan fingerprint density at radius 2 is 1.86 bits per heavy atom. The highest BCUT2D eigenvalue weighted by Crippen LogP contribution is 2.24. The molecule has 0 aliphatic rings. The van der Waals surface area contributed by atoms with Crippen molar-refractivity contribution >= 4 is 28.4 Å². The number of hydrogen-bond acceptors (Lipinski definition) is 6. The zero-order chi connectivity index (χ0) is 20.0. The van der Waals surface area contributed by atoms with Gasteiger partial charge in [-0.3, -0.25) is 9.20 Å². The number of hydrogen-bond donors (Lipinski definition) is 2. The molecule has 0 spiro atoms. The summed E-state index contributed by atoms with van der Waals surface area (Å²) in [6.45, 7) is 1.75. The van der Waals surface area contributed by atoms with Crippen molar-refractivity contribution in [3.8, 4) is 11.4 Å². The standard InChI is InChI=1S/C21H16N6O2/c1-13-16(8-5-9-17(13)28)27-19(29)15-12-23-20(24-14-6-3-2-4-7-14)25-18(15)26-11-10-22-21(26)27/h2-12,28H,1H3,(H,23,24,25). The molecule has 0 unspecified atom stereocenters. The van der Waals surface area contributed by atoms with Gasteiger partial charge < -0.3 is 10.4 Å². The Bertz CT molecular complexity index is 1420. The summed E-state index contributed by atoms with van der Waals surface area (Å²) in [5.74, 6) is 0.891. The SMILES string of the molecule is Cc1c(O)cccc1-n1c(=O)c2cnc(Nc3ccccc3)nc2n2ccnc12. The van der Waals surface area contributed by atoms with E-state index in [1.807, 2.05) is 30.3 Å². The third-order valence-corrected chi connectivity index (χ3v) is 4.80. The lowest BCUT2D eigenvalue weighted by Crippen LogP contribution is -2.23. The fourth-order valence-electron chi connectivity index (χ4n) is 3.33. The highest BCUT2D eigenvalue weighted by Gasteiger charge is 2.17. The van der Waals surface area contributed by atoms with Crippen molar-refractivity contribution in [3.63, 3.8) is 0 Å². The average molecular weight is 384 g/mol. The van der Waals surface area contributed by atoms with E-state index in [0.29, 0.717) is 34.0 Å². The van der Waals surface area contributed by atoms with Gasteiger partial charge in [0, 0.05) is 29.8 Å². The minimum absolute atomic E-state index is 0.109. The minimum Gasteiger partial charge on any atom is -0.508 e. The number of para-hydroxylation sites is 1. The lowest BCUT2D eigenvalue weighted by atomic mass is 10.1. The van der Waals surface area contributed by atoms with E-state index >= 15 is 0 Å². The zero-order valence-corrected chi connectivity index (χ0v) is 15.4. The van der Waals surface area contributed by atoms with Gasteiger partial charge in [-0.05, 0) is 31.2 Å². The maximum atomic E-state index is 13.3. The smallest absolute Gasteiger partial charge is 0.270 e. The molecule has 142 valence electrons. The number of imidazole rings is 1. The summed E-state index contributed by atoms with van der Waals surface area (Å²) >= 11 is 0. The number of nitrogens with zero attached hydrogens (tertiary/aromatic N) is 5. The Morgan fingerprint density at radius 1 is 1.03 bits per heavy atom. The van der Waals surface area contributed by atoms with E-state index in [-0.39, 0.29) is 11.3 Å². The number of benzene rings is 2. The van der Waals surface area contributed by atoms with Crippen LogP contribution in [-0.4, -0.2) is 29.0 Å². The summed E-state index contributed by atoms with van der Waals surface area (Å²) in [7, 11) is 0. The molecule has 5 aromatic rings. The molecule has 29 heavy (non-hydrogen) atoms. The van der Waals surface area contributed by atoms with Crippen molar-refractivity contribution in [1.29, 1.82) is 0 Å². The normalized spacial score (nSPS) is 11.2. The molecule has 0 atom stereocenters. The minimum atomic E-state index is -0.307. The zero-order valence-electron chi connectivity index (χ0n) is 15.4. The van der Waals surface area contributed by atoms with E-state index in [9.17, 15) is 9.90 Å². The van der Waals surface area contributed by atoms with Crippen LogP contribution in [0.5, 0.6) is 5.75 Å². The van der Waals surface area contributed by atoms with Crippen LogP contribution in [0.1, 0.15) is 5.56 Å². The number of aromatic nitrogens is 5. The predicted molar refractivity (Wildman–Crippen MR) is 110 cm³/mol. The lowest BCUT2D eigenvalue weighted by molar-refractivity contribution is 0.470. The van der Waals surface area contributed by atoms with Crippen molar-refractivity contribution in [2.45, 2.75) is 6.92 Å². The van der Waals surface area contributed by atoms with Crippen molar-refractivity contribution in [3.05, 3.63) is 83.0 Å². The second-order valence-electron chi connectivity index (χ2n) is 6.58. The first-order valence-corrected chi connectivity index (χ1v) is 8.99. The number of fused-ring (bicyclic) bond motifs is 3. The van der Waals surface area contributed by atoms with Crippen LogP contribution >= 0.6 is 0 Å². The van der Waals surface area contributed by atoms with Gasteiger partial charge in [0.05, 0.1) is 5.69 Å².